The third-order valence-electron chi connectivity index (χ3n) is 4.11. The summed E-state index contributed by atoms with van der Waals surface area (Å²) < 4.78 is 0. The van der Waals surface area contributed by atoms with Gasteiger partial charge in [0.1, 0.15) is 0 Å². The Morgan fingerprint density at radius 1 is 0.765 bits per heavy atom. The summed E-state index contributed by atoms with van der Waals surface area (Å²) in [5.41, 5.74) is 3.56. The van der Waals surface area contributed by atoms with E-state index in [1.807, 2.05) is 0 Å². The topological polar surface area (TPSA) is 0 Å². The van der Waals surface area contributed by atoms with Gasteiger partial charge >= 0.3 is 113 Å². The second-order valence-corrected chi connectivity index (χ2v) is 7.31. The van der Waals surface area contributed by atoms with Crippen molar-refractivity contribution in [2.75, 3.05) is 0 Å². The van der Waals surface area contributed by atoms with Crippen molar-refractivity contribution >= 4 is 15.2 Å². The van der Waals surface area contributed by atoms with Crippen molar-refractivity contribution in [3.05, 3.63) is 23.3 Å². The average molecular weight is 245 g/mol. The molecule has 0 atom stereocenters. The normalized spacial score (nSPS) is 20.5. The van der Waals surface area contributed by atoms with E-state index in [0.717, 1.165) is 15.2 Å². The Labute approximate surface area is 113 Å². The summed E-state index contributed by atoms with van der Waals surface area (Å²) in [5.74, 6) is 0. The summed E-state index contributed by atoms with van der Waals surface area (Å²) in [6.45, 7) is 0. The molecule has 0 aliphatic heterocycles. The Kier molecular flexibility index (Phi) is 6.46. The Hall–Kier alpha value is 0.0125. The fourth-order valence-corrected chi connectivity index (χ4v) is 4.42. The number of allylic oxidation sites excluding steroid dienone is 4. The van der Waals surface area contributed by atoms with Gasteiger partial charge in [0.15, 0.2) is 0 Å². The molecule has 0 saturated heterocycles. The van der Waals surface area contributed by atoms with Gasteiger partial charge in [-0.15, -0.1) is 0 Å². The van der Waals surface area contributed by atoms with Crippen molar-refractivity contribution < 1.29 is 0 Å². The fourth-order valence-electron chi connectivity index (χ4n) is 2.98. The van der Waals surface area contributed by atoms with Crippen LogP contribution in [0.2, 0.25) is 10.6 Å². The molecule has 2 aliphatic rings. The molecule has 0 heterocycles. The molecular formula is C16H26Al+. The zero-order valence-corrected chi connectivity index (χ0v) is 12.4. The molecule has 2 aliphatic carbocycles. The maximum atomic E-state index is 2.52. The average Bonchev–Trinajstić information content (AvgIpc) is 2.41. The molecule has 2 rings (SSSR count). The molecule has 0 aromatic rings. The maximum absolute atomic E-state index is 2.52. The third-order valence-corrected chi connectivity index (χ3v) is 5.50. The molecule has 92 valence electrons. The van der Waals surface area contributed by atoms with Crippen LogP contribution < -0.4 is 0 Å². The van der Waals surface area contributed by atoms with Crippen LogP contribution in [0.3, 0.4) is 0 Å². The zero-order chi connectivity index (χ0) is 11.8. The van der Waals surface area contributed by atoms with E-state index in [1.54, 1.807) is 11.1 Å². The first-order chi connectivity index (χ1) is 8.45. The molecule has 0 amide bonds. The van der Waals surface area contributed by atoms with E-state index in [1.165, 1.54) is 74.8 Å². The van der Waals surface area contributed by atoms with Crippen LogP contribution in [0, 0.1) is 0 Å². The van der Waals surface area contributed by atoms with E-state index >= 15 is 0 Å². The standard InChI is InChI=1S/2C8H13.Al/c2*1-2-8-6-4-3-5-7-8;/h2*6H,1-5,7H2;/q;;+1. The molecule has 0 bridgehead atoms. The van der Waals surface area contributed by atoms with E-state index in [2.05, 4.69) is 12.2 Å². The van der Waals surface area contributed by atoms with Crippen molar-refractivity contribution in [2.45, 2.75) is 74.8 Å². The van der Waals surface area contributed by atoms with Crippen molar-refractivity contribution in [1.29, 1.82) is 0 Å². The van der Waals surface area contributed by atoms with Crippen LogP contribution in [-0.4, -0.2) is 15.2 Å². The minimum absolute atomic E-state index is 0.719. The molecule has 0 spiro atoms. The van der Waals surface area contributed by atoms with Crippen molar-refractivity contribution in [3.63, 3.8) is 0 Å². The van der Waals surface area contributed by atoms with Crippen molar-refractivity contribution in [2.24, 2.45) is 0 Å². The van der Waals surface area contributed by atoms with Gasteiger partial charge in [-0.3, -0.25) is 0 Å². The SMILES string of the molecule is C1=C(C[CH2][Al+][CH2]CC2=CCCCC2)CCCC1. The fraction of sp³-hybridized carbons (Fsp3) is 0.750. The van der Waals surface area contributed by atoms with E-state index < -0.39 is 0 Å². The summed E-state index contributed by atoms with van der Waals surface area (Å²) in [6.07, 6.45) is 19.2. The van der Waals surface area contributed by atoms with Gasteiger partial charge in [-0.05, 0) is 0 Å². The Balaban J connectivity index is 1.51. The molecule has 0 saturated carbocycles. The molecule has 0 aromatic carbocycles. The quantitative estimate of drug-likeness (QED) is 0.338. The Morgan fingerprint density at radius 3 is 1.71 bits per heavy atom. The number of hydrogen-bond donors (Lipinski definition) is 0. The van der Waals surface area contributed by atoms with E-state index in [-0.39, 0.29) is 0 Å². The van der Waals surface area contributed by atoms with Crippen LogP contribution in [0.1, 0.15) is 64.2 Å². The van der Waals surface area contributed by atoms with Gasteiger partial charge in [-0.25, -0.2) is 0 Å². The third kappa shape index (κ3) is 5.45. The van der Waals surface area contributed by atoms with Gasteiger partial charge in [0.25, 0.3) is 0 Å². The van der Waals surface area contributed by atoms with Gasteiger partial charge in [0.2, 0.25) is 0 Å². The van der Waals surface area contributed by atoms with Gasteiger partial charge in [-0.2, -0.15) is 0 Å². The monoisotopic (exact) mass is 245 g/mol. The van der Waals surface area contributed by atoms with Gasteiger partial charge in [-0.1, -0.05) is 0 Å². The first-order valence-electron chi connectivity index (χ1n) is 7.62. The second kappa shape index (κ2) is 8.17. The predicted molar refractivity (Wildman–Crippen MR) is 77.7 cm³/mol. The van der Waals surface area contributed by atoms with Crippen LogP contribution in [-0.2, 0) is 0 Å². The Morgan fingerprint density at radius 2 is 1.29 bits per heavy atom. The number of rotatable bonds is 6. The molecule has 0 radical (unpaired) electrons. The van der Waals surface area contributed by atoms with Crippen LogP contribution >= 0.6 is 0 Å². The molecule has 0 nitrogen and oxygen atoms in total. The molecular weight excluding hydrogens is 219 g/mol. The number of hydrogen-bond acceptors (Lipinski definition) is 0. The molecule has 0 aromatic heterocycles. The molecule has 0 fully saturated rings. The van der Waals surface area contributed by atoms with E-state index in [4.69, 9.17) is 0 Å². The summed E-state index contributed by atoms with van der Waals surface area (Å²) in [7, 11) is 0. The van der Waals surface area contributed by atoms with Crippen LogP contribution in [0.4, 0.5) is 0 Å². The molecule has 0 unspecified atom stereocenters. The molecule has 0 N–H and O–H groups in total. The van der Waals surface area contributed by atoms with Gasteiger partial charge in [0.05, 0.1) is 0 Å². The zero-order valence-electron chi connectivity index (χ0n) is 11.2. The van der Waals surface area contributed by atoms with Gasteiger partial charge < -0.3 is 0 Å². The van der Waals surface area contributed by atoms with Gasteiger partial charge in [0, 0.05) is 0 Å². The van der Waals surface area contributed by atoms with E-state index in [0.29, 0.717) is 0 Å². The molecule has 1 heteroatoms. The first kappa shape index (κ1) is 13.4. The Bertz CT molecular complexity index is 247. The van der Waals surface area contributed by atoms with Crippen molar-refractivity contribution in [1.82, 2.24) is 0 Å². The van der Waals surface area contributed by atoms with E-state index in [9.17, 15) is 0 Å². The van der Waals surface area contributed by atoms with Crippen LogP contribution in [0.25, 0.3) is 0 Å². The van der Waals surface area contributed by atoms with Crippen molar-refractivity contribution in [3.8, 4) is 0 Å². The predicted octanol–water partition coefficient (Wildman–Crippen LogP) is 5.31. The minimum atomic E-state index is 0.719. The summed E-state index contributed by atoms with van der Waals surface area (Å²) in [5, 5.41) is 3.03. The molecule has 17 heavy (non-hydrogen) atoms. The van der Waals surface area contributed by atoms with Crippen LogP contribution in [0.5, 0.6) is 0 Å². The summed E-state index contributed by atoms with van der Waals surface area (Å²) in [6, 6.07) is 0. The first-order valence-corrected chi connectivity index (χ1v) is 9.26. The summed E-state index contributed by atoms with van der Waals surface area (Å²) >= 11 is 0.719. The second-order valence-electron chi connectivity index (χ2n) is 5.58. The summed E-state index contributed by atoms with van der Waals surface area (Å²) in [4.78, 5) is 0. The van der Waals surface area contributed by atoms with Crippen LogP contribution in [0.15, 0.2) is 23.3 Å².